The second kappa shape index (κ2) is 10.6. The molecule has 11 heteroatoms. The Morgan fingerprint density at radius 1 is 1.07 bits per heavy atom. The van der Waals surface area contributed by atoms with Crippen molar-refractivity contribution in [1.82, 2.24) is 34.2 Å². The fraction of sp³-hybridized carbons (Fsp3) is 0.433. The average molecular weight is 557 g/mol. The number of rotatable bonds is 5. The molecule has 0 radical (unpaired) electrons. The van der Waals surface area contributed by atoms with Gasteiger partial charge < -0.3 is 15.0 Å². The highest BCUT2D eigenvalue weighted by Gasteiger charge is 2.38. The highest BCUT2D eigenvalue weighted by molar-refractivity contribution is 6.07. The molecule has 0 unspecified atom stereocenters. The van der Waals surface area contributed by atoms with Crippen LogP contribution in [-0.2, 0) is 4.74 Å². The number of benzene rings is 1. The molecule has 4 aromatic rings. The predicted octanol–water partition coefficient (Wildman–Crippen LogP) is 4.27. The van der Waals surface area contributed by atoms with Crippen LogP contribution in [0, 0.1) is 6.92 Å². The lowest BCUT2D eigenvalue weighted by Crippen LogP contribution is -2.62. The van der Waals surface area contributed by atoms with Gasteiger partial charge in [-0.3, -0.25) is 9.69 Å². The van der Waals surface area contributed by atoms with Crippen LogP contribution in [-0.4, -0.2) is 84.0 Å². The number of nitrogens with zero attached hydrogens (tertiary/aromatic N) is 7. The number of hydrogen-bond acceptors (Lipinski definition) is 7. The van der Waals surface area contributed by atoms with E-state index in [1.165, 1.54) is 6.20 Å². The molecule has 1 aromatic carbocycles. The van der Waals surface area contributed by atoms with Gasteiger partial charge in [-0.2, -0.15) is 10.2 Å². The lowest BCUT2D eigenvalue weighted by atomic mass is 9.91. The molecule has 2 aliphatic heterocycles. The van der Waals surface area contributed by atoms with Crippen LogP contribution in [0.2, 0.25) is 0 Å². The summed E-state index contributed by atoms with van der Waals surface area (Å²) in [6.07, 6.45) is 6.62. The molecule has 0 spiro atoms. The molecule has 0 aliphatic carbocycles. The first kappa shape index (κ1) is 26.9. The Hall–Kier alpha value is -4.25. The van der Waals surface area contributed by atoms with E-state index in [0.29, 0.717) is 36.2 Å². The number of piperidine rings is 1. The van der Waals surface area contributed by atoms with Crippen LogP contribution in [0.25, 0.3) is 11.3 Å². The molecule has 11 nitrogen and oxygen atoms in total. The van der Waals surface area contributed by atoms with E-state index >= 15 is 0 Å². The Kier molecular flexibility index (Phi) is 6.98. The minimum absolute atomic E-state index is 0.236. The van der Waals surface area contributed by atoms with E-state index < -0.39 is 5.60 Å². The molecule has 3 aromatic heterocycles. The van der Waals surface area contributed by atoms with Gasteiger partial charge in [-0.1, -0.05) is 17.7 Å². The van der Waals surface area contributed by atoms with Gasteiger partial charge in [0, 0.05) is 43.5 Å². The summed E-state index contributed by atoms with van der Waals surface area (Å²) in [5.41, 5.74) is 3.41. The number of carbonyl (C=O) groups excluding carboxylic acids is 2. The quantitative estimate of drug-likeness (QED) is 0.391. The van der Waals surface area contributed by atoms with Crippen molar-refractivity contribution in [2.24, 2.45) is 0 Å². The molecule has 2 saturated heterocycles. The Morgan fingerprint density at radius 2 is 1.80 bits per heavy atom. The van der Waals surface area contributed by atoms with E-state index in [2.05, 4.69) is 20.3 Å². The van der Waals surface area contributed by atoms with Crippen molar-refractivity contribution in [3.05, 3.63) is 71.8 Å². The normalized spacial score (nSPS) is 17.0. The van der Waals surface area contributed by atoms with Crippen LogP contribution in [0.1, 0.15) is 61.1 Å². The number of nitrogens with one attached hydrogen (secondary N) is 1. The summed E-state index contributed by atoms with van der Waals surface area (Å²) in [5, 5.41) is 12.3. The van der Waals surface area contributed by atoms with Crippen LogP contribution in [0.4, 0.5) is 10.6 Å². The van der Waals surface area contributed by atoms with E-state index in [0.717, 1.165) is 42.9 Å². The zero-order valence-corrected chi connectivity index (χ0v) is 23.9. The summed E-state index contributed by atoms with van der Waals surface area (Å²) in [4.78, 5) is 34.2. The Balaban J connectivity index is 1.15. The molecule has 1 N–H and O–H groups in total. The van der Waals surface area contributed by atoms with Gasteiger partial charge in [0.2, 0.25) is 0 Å². The smallest absolute Gasteiger partial charge is 0.410 e. The number of ether oxygens (including phenoxy) is 1. The van der Waals surface area contributed by atoms with Crippen LogP contribution in [0.15, 0.2) is 55.0 Å². The molecule has 41 heavy (non-hydrogen) atoms. The van der Waals surface area contributed by atoms with E-state index in [1.807, 2.05) is 62.7 Å². The van der Waals surface area contributed by atoms with E-state index in [1.54, 1.807) is 27.9 Å². The maximum absolute atomic E-state index is 13.3. The highest BCUT2D eigenvalue weighted by Crippen LogP contribution is 2.32. The van der Waals surface area contributed by atoms with Crippen molar-refractivity contribution < 1.29 is 14.3 Å². The van der Waals surface area contributed by atoms with Crippen LogP contribution < -0.4 is 5.32 Å². The number of aryl methyl sites for hydroxylation is 1. The third kappa shape index (κ3) is 5.67. The maximum Gasteiger partial charge on any atom is 0.410 e. The first-order valence-corrected chi connectivity index (χ1v) is 14.1. The summed E-state index contributed by atoms with van der Waals surface area (Å²) in [5.74, 6) is 0.598. The molecular weight excluding hydrogens is 520 g/mol. The van der Waals surface area contributed by atoms with Crippen molar-refractivity contribution in [3.63, 3.8) is 0 Å². The zero-order chi connectivity index (χ0) is 28.7. The second-order valence-corrected chi connectivity index (χ2v) is 12.0. The van der Waals surface area contributed by atoms with Crippen molar-refractivity contribution >= 4 is 23.5 Å². The van der Waals surface area contributed by atoms with Gasteiger partial charge in [0.05, 0.1) is 17.6 Å². The minimum Gasteiger partial charge on any atom is -0.444 e. The van der Waals surface area contributed by atoms with E-state index in [-0.39, 0.29) is 17.9 Å². The number of aromatic nitrogens is 5. The molecule has 0 saturated carbocycles. The lowest BCUT2D eigenvalue weighted by Gasteiger charge is -2.47. The fourth-order valence-electron chi connectivity index (χ4n) is 5.46. The fourth-order valence-corrected chi connectivity index (χ4v) is 5.46. The first-order chi connectivity index (χ1) is 19.6. The van der Waals surface area contributed by atoms with Gasteiger partial charge in [0.15, 0.2) is 5.65 Å². The van der Waals surface area contributed by atoms with Gasteiger partial charge in [-0.25, -0.2) is 19.0 Å². The standard InChI is InChI=1S/C30H36N8O3/c1-20-6-8-22(9-7-20)38-26(33-28(39)24-17-32-37-13-5-12-31-27(24)37)16-25(34-38)21-10-14-35(15-11-21)23-18-36(19-23)29(40)41-30(2,3)4/h5-9,12-13,16-17,21,23H,10-11,14-15,18-19H2,1-4H3,(H,33,39). The minimum atomic E-state index is -0.482. The number of carbonyl (C=O) groups is 2. The summed E-state index contributed by atoms with van der Waals surface area (Å²) < 4.78 is 8.89. The summed E-state index contributed by atoms with van der Waals surface area (Å²) >= 11 is 0. The third-order valence-corrected chi connectivity index (χ3v) is 7.75. The molecule has 2 aliphatic rings. The van der Waals surface area contributed by atoms with Gasteiger partial charge in [-0.15, -0.1) is 0 Å². The van der Waals surface area contributed by atoms with Crippen molar-refractivity contribution in [2.75, 3.05) is 31.5 Å². The van der Waals surface area contributed by atoms with Crippen LogP contribution >= 0.6 is 0 Å². The number of anilines is 1. The zero-order valence-electron chi connectivity index (χ0n) is 23.9. The Bertz CT molecular complexity index is 1550. The molecule has 214 valence electrons. The SMILES string of the molecule is Cc1ccc(-n2nc(C3CCN(C4CN(C(=O)OC(C)(C)C)C4)CC3)cc2NC(=O)c2cnn3cccnc23)cc1. The number of likely N-dealkylation sites (tertiary alicyclic amines) is 2. The van der Waals surface area contributed by atoms with Crippen molar-refractivity contribution in [3.8, 4) is 5.69 Å². The summed E-state index contributed by atoms with van der Waals surface area (Å²) in [6.45, 7) is 11.0. The number of hydrogen-bond donors (Lipinski definition) is 1. The van der Waals surface area contributed by atoms with Crippen molar-refractivity contribution in [1.29, 1.82) is 0 Å². The molecule has 5 heterocycles. The first-order valence-electron chi connectivity index (χ1n) is 14.1. The van der Waals surface area contributed by atoms with Crippen LogP contribution in [0.5, 0.6) is 0 Å². The van der Waals surface area contributed by atoms with E-state index in [9.17, 15) is 9.59 Å². The second-order valence-electron chi connectivity index (χ2n) is 12.0. The lowest BCUT2D eigenvalue weighted by molar-refractivity contribution is -0.0197. The molecule has 0 atom stereocenters. The van der Waals surface area contributed by atoms with Crippen LogP contribution in [0.3, 0.4) is 0 Å². The van der Waals surface area contributed by atoms with Crippen molar-refractivity contribution in [2.45, 2.75) is 58.1 Å². The molecule has 2 amide bonds. The number of amides is 2. The third-order valence-electron chi connectivity index (χ3n) is 7.75. The monoisotopic (exact) mass is 556 g/mol. The molecular formula is C30H36N8O3. The predicted molar refractivity (Wildman–Crippen MR) is 154 cm³/mol. The maximum atomic E-state index is 13.3. The Labute approximate surface area is 239 Å². The van der Waals surface area contributed by atoms with Gasteiger partial charge in [-0.05, 0) is 71.8 Å². The number of fused-ring (bicyclic) bond motifs is 1. The van der Waals surface area contributed by atoms with Gasteiger partial charge in [0.25, 0.3) is 5.91 Å². The van der Waals surface area contributed by atoms with Gasteiger partial charge in [0.1, 0.15) is 17.0 Å². The van der Waals surface area contributed by atoms with Gasteiger partial charge >= 0.3 is 6.09 Å². The molecule has 6 rings (SSSR count). The summed E-state index contributed by atoms with van der Waals surface area (Å²) in [7, 11) is 0. The highest BCUT2D eigenvalue weighted by atomic mass is 16.6. The Morgan fingerprint density at radius 3 is 2.51 bits per heavy atom. The topological polar surface area (TPSA) is 110 Å². The average Bonchev–Trinajstić information content (AvgIpc) is 3.52. The van der Waals surface area contributed by atoms with E-state index in [4.69, 9.17) is 9.84 Å². The molecule has 2 fully saturated rings. The summed E-state index contributed by atoms with van der Waals surface area (Å²) in [6, 6.07) is 12.2. The molecule has 0 bridgehead atoms. The largest absolute Gasteiger partial charge is 0.444 e.